The van der Waals surface area contributed by atoms with Gasteiger partial charge in [-0.15, -0.1) is 0 Å². The molecule has 3 rings (SSSR count). The van der Waals surface area contributed by atoms with Gasteiger partial charge < -0.3 is 9.47 Å². The van der Waals surface area contributed by atoms with Crippen LogP contribution in [0.1, 0.15) is 47.9 Å². The summed E-state index contributed by atoms with van der Waals surface area (Å²) in [5, 5.41) is 0. The normalized spacial score (nSPS) is 20.0. The van der Waals surface area contributed by atoms with Crippen LogP contribution in [0.25, 0.3) is 16.9 Å². The smallest absolute Gasteiger partial charge is 0.119 e. The highest BCUT2D eigenvalue weighted by Gasteiger charge is 2.22. The Bertz CT molecular complexity index is 766. The molecular weight excluding hydrogens is 320 g/mol. The van der Waals surface area contributed by atoms with Crippen LogP contribution in [0.15, 0.2) is 43.0 Å². The van der Waals surface area contributed by atoms with Gasteiger partial charge in [0.05, 0.1) is 12.2 Å². The minimum Gasteiger partial charge on any atom is -0.490 e. The standard InChI is InChI=1S/C24H30O2/c1-16-6-15-24(18(3)17(16)2)21-9-7-20(8-10-21)19(4)26-23-13-11-22(25-5)12-14-23/h6-10,15,22-23H,4,11-14H2,1-3,5H3. The van der Waals surface area contributed by atoms with Crippen LogP contribution >= 0.6 is 0 Å². The van der Waals surface area contributed by atoms with Crippen LogP contribution in [0.3, 0.4) is 0 Å². The molecule has 2 heteroatoms. The van der Waals surface area contributed by atoms with E-state index in [-0.39, 0.29) is 6.10 Å². The van der Waals surface area contributed by atoms with Crippen molar-refractivity contribution in [2.24, 2.45) is 0 Å². The SMILES string of the molecule is C=C(OC1CCC(OC)CC1)c1ccc(-c2ccc(C)c(C)c2C)cc1. The van der Waals surface area contributed by atoms with Crippen LogP contribution in [-0.4, -0.2) is 19.3 Å². The maximum Gasteiger partial charge on any atom is 0.119 e. The molecule has 0 heterocycles. The van der Waals surface area contributed by atoms with Gasteiger partial charge in [0, 0.05) is 12.7 Å². The number of methoxy groups -OCH3 is 1. The number of aryl methyl sites for hydroxylation is 1. The first-order chi connectivity index (χ1) is 12.5. The molecule has 2 aromatic rings. The van der Waals surface area contributed by atoms with E-state index in [1.54, 1.807) is 7.11 Å². The highest BCUT2D eigenvalue weighted by atomic mass is 16.5. The van der Waals surface area contributed by atoms with E-state index in [1.807, 2.05) is 0 Å². The molecule has 1 aliphatic rings. The van der Waals surface area contributed by atoms with Crippen molar-refractivity contribution in [1.82, 2.24) is 0 Å². The zero-order valence-corrected chi connectivity index (χ0v) is 16.5. The van der Waals surface area contributed by atoms with Crippen molar-refractivity contribution in [2.45, 2.75) is 58.7 Å². The molecule has 2 nitrogen and oxygen atoms in total. The molecule has 0 unspecified atom stereocenters. The second kappa shape index (κ2) is 8.09. The van der Waals surface area contributed by atoms with Gasteiger partial charge in [0.1, 0.15) is 5.76 Å². The van der Waals surface area contributed by atoms with E-state index in [0.29, 0.717) is 6.10 Å². The van der Waals surface area contributed by atoms with E-state index in [4.69, 9.17) is 9.47 Å². The van der Waals surface area contributed by atoms with Gasteiger partial charge in [0.25, 0.3) is 0 Å². The maximum absolute atomic E-state index is 6.12. The van der Waals surface area contributed by atoms with Crippen molar-refractivity contribution < 1.29 is 9.47 Å². The Morgan fingerprint density at radius 2 is 1.46 bits per heavy atom. The molecule has 0 radical (unpaired) electrons. The van der Waals surface area contributed by atoms with Crippen LogP contribution in [0.5, 0.6) is 0 Å². The second-order valence-corrected chi connectivity index (χ2v) is 7.43. The molecule has 0 aliphatic heterocycles. The van der Waals surface area contributed by atoms with Crippen molar-refractivity contribution >= 4 is 5.76 Å². The van der Waals surface area contributed by atoms with Crippen LogP contribution in [-0.2, 0) is 9.47 Å². The number of benzene rings is 2. The molecule has 2 aromatic carbocycles. The molecule has 1 saturated carbocycles. The summed E-state index contributed by atoms with van der Waals surface area (Å²) in [6, 6.07) is 13.0. The highest BCUT2D eigenvalue weighted by molar-refractivity contribution is 5.71. The van der Waals surface area contributed by atoms with Gasteiger partial charge >= 0.3 is 0 Å². The van der Waals surface area contributed by atoms with Gasteiger partial charge in [0.15, 0.2) is 0 Å². The lowest BCUT2D eigenvalue weighted by Crippen LogP contribution is -2.25. The fourth-order valence-corrected chi connectivity index (χ4v) is 3.76. The lowest BCUT2D eigenvalue weighted by atomic mass is 9.93. The maximum atomic E-state index is 6.12. The first-order valence-corrected chi connectivity index (χ1v) is 9.55. The zero-order chi connectivity index (χ0) is 18.7. The van der Waals surface area contributed by atoms with Crippen molar-refractivity contribution in [2.75, 3.05) is 7.11 Å². The Hall–Kier alpha value is -2.06. The van der Waals surface area contributed by atoms with Gasteiger partial charge in [-0.05, 0) is 74.3 Å². The summed E-state index contributed by atoms with van der Waals surface area (Å²) in [6.45, 7) is 10.7. The number of ether oxygens (including phenoxy) is 2. The van der Waals surface area contributed by atoms with Crippen LogP contribution in [0.2, 0.25) is 0 Å². The predicted octanol–water partition coefficient (Wildman–Crippen LogP) is 6.22. The van der Waals surface area contributed by atoms with Gasteiger partial charge in [-0.3, -0.25) is 0 Å². The van der Waals surface area contributed by atoms with Crippen molar-refractivity contribution in [1.29, 1.82) is 0 Å². The average molecular weight is 351 g/mol. The molecule has 138 valence electrons. The summed E-state index contributed by atoms with van der Waals surface area (Å²) in [6.07, 6.45) is 4.87. The first kappa shape index (κ1) is 18.7. The minimum atomic E-state index is 0.260. The third kappa shape index (κ3) is 4.02. The molecule has 0 saturated heterocycles. The van der Waals surface area contributed by atoms with E-state index in [9.17, 15) is 0 Å². The minimum absolute atomic E-state index is 0.260. The summed E-state index contributed by atoms with van der Waals surface area (Å²) in [5.74, 6) is 0.772. The molecule has 1 aliphatic carbocycles. The van der Waals surface area contributed by atoms with E-state index in [1.165, 1.54) is 27.8 Å². The van der Waals surface area contributed by atoms with Crippen LogP contribution < -0.4 is 0 Å². The van der Waals surface area contributed by atoms with E-state index in [0.717, 1.165) is 37.0 Å². The Morgan fingerprint density at radius 3 is 2.08 bits per heavy atom. The predicted molar refractivity (Wildman–Crippen MR) is 109 cm³/mol. The highest BCUT2D eigenvalue weighted by Crippen LogP contribution is 2.30. The largest absolute Gasteiger partial charge is 0.490 e. The molecule has 26 heavy (non-hydrogen) atoms. The molecular formula is C24H30O2. The molecule has 1 fully saturated rings. The van der Waals surface area contributed by atoms with Gasteiger partial charge in [-0.1, -0.05) is 43.0 Å². The van der Waals surface area contributed by atoms with Gasteiger partial charge in [0.2, 0.25) is 0 Å². The quantitative estimate of drug-likeness (QED) is 0.596. The lowest BCUT2D eigenvalue weighted by molar-refractivity contribution is 0.0243. The van der Waals surface area contributed by atoms with Gasteiger partial charge in [-0.25, -0.2) is 0 Å². The molecule has 0 spiro atoms. The number of rotatable bonds is 5. The molecule has 0 N–H and O–H groups in total. The van der Waals surface area contributed by atoms with E-state index < -0.39 is 0 Å². The third-order valence-corrected chi connectivity index (χ3v) is 5.84. The monoisotopic (exact) mass is 350 g/mol. The Balaban J connectivity index is 1.68. The Morgan fingerprint density at radius 1 is 0.846 bits per heavy atom. The van der Waals surface area contributed by atoms with E-state index >= 15 is 0 Å². The summed E-state index contributed by atoms with van der Waals surface area (Å²) < 4.78 is 11.6. The average Bonchev–Trinajstić information content (AvgIpc) is 2.67. The van der Waals surface area contributed by atoms with Crippen molar-refractivity contribution in [3.8, 4) is 11.1 Å². The fourth-order valence-electron chi connectivity index (χ4n) is 3.76. The second-order valence-electron chi connectivity index (χ2n) is 7.43. The zero-order valence-electron chi connectivity index (χ0n) is 16.5. The summed E-state index contributed by atoms with van der Waals surface area (Å²) in [5.41, 5.74) is 7.65. The summed E-state index contributed by atoms with van der Waals surface area (Å²) in [4.78, 5) is 0. The van der Waals surface area contributed by atoms with E-state index in [2.05, 4.69) is 63.7 Å². The lowest BCUT2D eigenvalue weighted by Gasteiger charge is -2.28. The molecule has 0 amide bonds. The molecule has 0 bridgehead atoms. The van der Waals surface area contributed by atoms with Gasteiger partial charge in [-0.2, -0.15) is 0 Å². The van der Waals surface area contributed by atoms with Crippen molar-refractivity contribution in [3.05, 3.63) is 65.2 Å². The number of hydrogen-bond acceptors (Lipinski definition) is 2. The van der Waals surface area contributed by atoms with Crippen LogP contribution in [0, 0.1) is 20.8 Å². The topological polar surface area (TPSA) is 18.5 Å². The first-order valence-electron chi connectivity index (χ1n) is 9.55. The number of hydrogen-bond donors (Lipinski definition) is 0. The third-order valence-electron chi connectivity index (χ3n) is 5.84. The van der Waals surface area contributed by atoms with Crippen molar-refractivity contribution in [3.63, 3.8) is 0 Å². The Kier molecular flexibility index (Phi) is 5.83. The van der Waals surface area contributed by atoms with Crippen LogP contribution in [0.4, 0.5) is 0 Å². The molecule has 0 atom stereocenters. The molecule has 0 aromatic heterocycles. The summed E-state index contributed by atoms with van der Waals surface area (Å²) in [7, 11) is 1.80. The summed E-state index contributed by atoms with van der Waals surface area (Å²) >= 11 is 0. The Labute approximate surface area is 157 Å². The fraction of sp³-hybridized carbons (Fsp3) is 0.417.